The molecular weight excluding hydrogens is 430 g/mol. The van der Waals surface area contributed by atoms with E-state index in [1.165, 1.54) is 33.6 Å². The highest BCUT2D eigenvalue weighted by Gasteiger charge is 2.25. The van der Waals surface area contributed by atoms with Crippen LogP contribution in [0.3, 0.4) is 0 Å². The van der Waals surface area contributed by atoms with Gasteiger partial charge in [-0.1, -0.05) is 94.8 Å². The first-order valence-electron chi connectivity index (χ1n) is 10.3. The smallest absolute Gasteiger partial charge is 0.0631 e. The molecule has 0 spiro atoms. The molecule has 1 aliphatic carbocycles. The molecule has 4 aromatic rings. The summed E-state index contributed by atoms with van der Waals surface area (Å²) >= 11 is 3.52. The van der Waals surface area contributed by atoms with E-state index in [0.29, 0.717) is 0 Å². The fourth-order valence-electron chi connectivity index (χ4n) is 4.22. The van der Waals surface area contributed by atoms with Gasteiger partial charge >= 0.3 is 0 Å². The van der Waals surface area contributed by atoms with E-state index < -0.39 is 0 Å². The predicted molar refractivity (Wildman–Crippen MR) is 131 cm³/mol. The zero-order valence-corrected chi connectivity index (χ0v) is 18.2. The molecule has 0 radical (unpaired) electrons. The van der Waals surface area contributed by atoms with E-state index in [0.717, 1.165) is 10.9 Å². The van der Waals surface area contributed by atoms with E-state index in [4.69, 9.17) is 0 Å². The van der Waals surface area contributed by atoms with Gasteiger partial charge in [0.25, 0.3) is 0 Å². The van der Waals surface area contributed by atoms with Crippen molar-refractivity contribution in [3.8, 4) is 11.1 Å². The summed E-state index contributed by atoms with van der Waals surface area (Å²) in [5.74, 6) is 0. The zero-order chi connectivity index (χ0) is 20.3. The van der Waals surface area contributed by atoms with Gasteiger partial charge in [-0.25, -0.2) is 0 Å². The summed E-state index contributed by atoms with van der Waals surface area (Å²) in [7, 11) is 0. The Morgan fingerprint density at radius 3 is 1.97 bits per heavy atom. The lowest BCUT2D eigenvalue weighted by molar-refractivity contribution is 0.702. The van der Waals surface area contributed by atoms with Crippen molar-refractivity contribution >= 4 is 33.4 Å². The molecule has 1 atom stereocenters. The van der Waals surface area contributed by atoms with Crippen molar-refractivity contribution in [3.05, 3.63) is 125 Å². The maximum Gasteiger partial charge on any atom is 0.0631 e. The second-order valence-electron chi connectivity index (χ2n) is 7.54. The Hall–Kier alpha value is -3.10. The highest BCUT2D eigenvalue weighted by Crippen LogP contribution is 2.41. The summed E-state index contributed by atoms with van der Waals surface area (Å²) in [6.07, 6.45) is 5.52. The predicted octanol–water partition coefficient (Wildman–Crippen LogP) is 8.41. The molecule has 2 heteroatoms. The summed E-state index contributed by atoms with van der Waals surface area (Å²) in [6, 6.07) is 37.1. The van der Waals surface area contributed by atoms with Gasteiger partial charge in [-0.15, -0.1) is 0 Å². The Kier molecular flexibility index (Phi) is 5.25. The monoisotopic (exact) mass is 451 g/mol. The minimum absolute atomic E-state index is 0.270. The van der Waals surface area contributed by atoms with Crippen molar-refractivity contribution < 1.29 is 0 Å². The second-order valence-corrected chi connectivity index (χ2v) is 8.46. The number of para-hydroxylation sites is 1. The summed E-state index contributed by atoms with van der Waals surface area (Å²) in [4.78, 5) is 2.47. The highest BCUT2D eigenvalue weighted by atomic mass is 79.9. The van der Waals surface area contributed by atoms with Gasteiger partial charge in [-0.05, 0) is 65.1 Å². The van der Waals surface area contributed by atoms with Crippen LogP contribution in [0.25, 0.3) is 17.2 Å². The van der Waals surface area contributed by atoms with Crippen LogP contribution in [0.5, 0.6) is 0 Å². The minimum atomic E-state index is 0.270. The molecule has 0 bridgehead atoms. The maximum atomic E-state index is 3.52. The first kappa shape index (κ1) is 18.9. The van der Waals surface area contributed by atoms with Gasteiger partial charge in [0, 0.05) is 15.8 Å². The van der Waals surface area contributed by atoms with Crippen molar-refractivity contribution in [2.45, 2.75) is 12.5 Å². The molecule has 4 aromatic carbocycles. The average Bonchev–Trinajstić information content (AvgIpc) is 2.81. The Bertz CT molecular complexity index is 1160. The number of fused-ring (bicyclic) bond motifs is 1. The molecule has 0 heterocycles. The van der Waals surface area contributed by atoms with E-state index in [9.17, 15) is 0 Å². The molecule has 0 aliphatic heterocycles. The molecule has 30 heavy (non-hydrogen) atoms. The molecule has 1 nitrogen and oxygen atoms in total. The largest absolute Gasteiger partial charge is 0.334 e. The first-order valence-corrected chi connectivity index (χ1v) is 11.0. The van der Waals surface area contributed by atoms with Crippen LogP contribution in [0, 0.1) is 0 Å². The molecule has 0 fully saturated rings. The number of anilines is 2. The van der Waals surface area contributed by atoms with E-state index in [-0.39, 0.29) is 6.04 Å². The van der Waals surface area contributed by atoms with Crippen molar-refractivity contribution in [3.63, 3.8) is 0 Å². The summed E-state index contributed by atoms with van der Waals surface area (Å²) in [5.41, 5.74) is 7.55. The molecule has 0 aromatic heterocycles. The van der Waals surface area contributed by atoms with Gasteiger partial charge in [0.05, 0.1) is 6.04 Å². The van der Waals surface area contributed by atoms with Crippen molar-refractivity contribution in [1.82, 2.24) is 0 Å². The number of rotatable bonds is 4. The topological polar surface area (TPSA) is 3.24 Å². The van der Waals surface area contributed by atoms with Gasteiger partial charge in [0.2, 0.25) is 0 Å². The second kappa shape index (κ2) is 8.33. The van der Waals surface area contributed by atoms with E-state index in [1.54, 1.807) is 0 Å². The third-order valence-corrected chi connectivity index (χ3v) is 6.21. The molecule has 0 N–H and O–H groups in total. The van der Waals surface area contributed by atoms with Crippen LogP contribution in [-0.2, 0) is 0 Å². The number of hydrogen-bond acceptors (Lipinski definition) is 1. The molecule has 0 saturated carbocycles. The first-order chi connectivity index (χ1) is 14.8. The molecule has 5 rings (SSSR count). The van der Waals surface area contributed by atoms with Crippen molar-refractivity contribution in [2.75, 3.05) is 4.90 Å². The lowest BCUT2D eigenvalue weighted by Gasteiger charge is -2.36. The minimum Gasteiger partial charge on any atom is -0.334 e. The molecular formula is C28H22BrN. The van der Waals surface area contributed by atoms with Crippen LogP contribution in [-0.4, -0.2) is 0 Å². The van der Waals surface area contributed by atoms with Crippen molar-refractivity contribution in [2.24, 2.45) is 0 Å². The SMILES string of the molecule is Brc1ccc(-c2ccc(N(c3ccccc3)C3CC=Cc4ccccc43)cc2)cc1. The number of halogens is 1. The maximum absolute atomic E-state index is 3.52. The highest BCUT2D eigenvalue weighted by molar-refractivity contribution is 9.10. The third kappa shape index (κ3) is 3.71. The molecule has 0 amide bonds. The Morgan fingerprint density at radius 1 is 0.633 bits per heavy atom. The van der Waals surface area contributed by atoms with Gasteiger partial charge < -0.3 is 4.90 Å². The zero-order valence-electron chi connectivity index (χ0n) is 16.6. The van der Waals surface area contributed by atoms with Crippen LogP contribution >= 0.6 is 15.9 Å². The van der Waals surface area contributed by atoms with Crippen LogP contribution in [0.2, 0.25) is 0 Å². The summed E-state index contributed by atoms with van der Waals surface area (Å²) < 4.78 is 1.10. The van der Waals surface area contributed by atoms with Crippen molar-refractivity contribution in [1.29, 1.82) is 0 Å². The van der Waals surface area contributed by atoms with Crippen LogP contribution < -0.4 is 4.90 Å². The Morgan fingerprint density at radius 2 is 1.23 bits per heavy atom. The lowest BCUT2D eigenvalue weighted by atomic mass is 9.90. The van der Waals surface area contributed by atoms with Crippen LogP contribution in [0.15, 0.2) is 114 Å². The van der Waals surface area contributed by atoms with Gasteiger partial charge in [-0.2, -0.15) is 0 Å². The van der Waals surface area contributed by atoms with Gasteiger partial charge in [0.1, 0.15) is 0 Å². The van der Waals surface area contributed by atoms with E-state index in [2.05, 4.69) is 136 Å². The lowest BCUT2D eigenvalue weighted by Crippen LogP contribution is -2.25. The van der Waals surface area contributed by atoms with Crippen LogP contribution in [0.1, 0.15) is 23.6 Å². The summed E-state index contributed by atoms with van der Waals surface area (Å²) in [5, 5.41) is 0. The molecule has 0 saturated heterocycles. The quantitative estimate of drug-likeness (QED) is 0.300. The van der Waals surface area contributed by atoms with E-state index in [1.807, 2.05) is 0 Å². The van der Waals surface area contributed by atoms with E-state index >= 15 is 0 Å². The van der Waals surface area contributed by atoms with Gasteiger partial charge in [0.15, 0.2) is 0 Å². The average molecular weight is 452 g/mol. The molecule has 1 unspecified atom stereocenters. The fraction of sp³-hybridized carbons (Fsp3) is 0.0714. The number of benzene rings is 4. The third-order valence-electron chi connectivity index (χ3n) is 5.68. The van der Waals surface area contributed by atoms with Crippen LogP contribution in [0.4, 0.5) is 11.4 Å². The Balaban J connectivity index is 1.56. The molecule has 1 aliphatic rings. The number of nitrogens with zero attached hydrogens (tertiary/aromatic N) is 1. The fourth-order valence-corrected chi connectivity index (χ4v) is 4.48. The normalized spacial score (nSPS) is 14.9. The molecule has 146 valence electrons. The Labute approximate surface area is 186 Å². The summed E-state index contributed by atoms with van der Waals surface area (Å²) in [6.45, 7) is 0. The number of hydrogen-bond donors (Lipinski definition) is 0. The van der Waals surface area contributed by atoms with Gasteiger partial charge in [-0.3, -0.25) is 0 Å². The standard InChI is InChI=1S/C28H22BrN/c29-24-17-13-21(14-18-24)22-15-19-26(20-16-22)30(25-9-2-1-3-10-25)28-12-6-8-23-7-4-5-11-27(23)28/h1-11,13-20,28H,12H2.